The van der Waals surface area contributed by atoms with Crippen molar-refractivity contribution in [3.63, 3.8) is 0 Å². The van der Waals surface area contributed by atoms with Gasteiger partial charge in [0.2, 0.25) is 11.8 Å². The first-order chi connectivity index (χ1) is 11.6. The molecule has 6 nitrogen and oxygen atoms in total. The van der Waals surface area contributed by atoms with E-state index in [0.29, 0.717) is 18.1 Å². The van der Waals surface area contributed by atoms with Crippen LogP contribution < -0.4 is 10.2 Å². The van der Waals surface area contributed by atoms with Gasteiger partial charge in [-0.05, 0) is 24.3 Å². The molecule has 1 heterocycles. The molecule has 1 aliphatic rings. The van der Waals surface area contributed by atoms with Gasteiger partial charge in [0.15, 0.2) is 0 Å². The van der Waals surface area contributed by atoms with Crippen LogP contribution in [0.2, 0.25) is 5.02 Å². The fraction of sp³-hybridized carbons (Fsp3) is 0.529. The van der Waals surface area contributed by atoms with Gasteiger partial charge in [0.05, 0.1) is 13.2 Å². The van der Waals surface area contributed by atoms with Gasteiger partial charge in [0.25, 0.3) is 0 Å². The SMILES string of the molecule is CC(=O)N(CCC(=O)NCCN1CCOCC1)c1ccc(Cl)cc1. The minimum absolute atomic E-state index is 0.0523. The van der Waals surface area contributed by atoms with Crippen LogP contribution in [-0.2, 0) is 14.3 Å². The fourth-order valence-corrected chi connectivity index (χ4v) is 2.70. The minimum atomic E-state index is -0.0987. The van der Waals surface area contributed by atoms with Crippen molar-refractivity contribution in [2.75, 3.05) is 50.8 Å². The summed E-state index contributed by atoms with van der Waals surface area (Å²) in [6.45, 7) is 6.59. The maximum Gasteiger partial charge on any atom is 0.223 e. The number of amides is 2. The average Bonchev–Trinajstić information content (AvgIpc) is 2.57. The van der Waals surface area contributed by atoms with Gasteiger partial charge in [0.1, 0.15) is 0 Å². The lowest BCUT2D eigenvalue weighted by Crippen LogP contribution is -2.42. The molecular formula is C17H24ClN3O3. The third kappa shape index (κ3) is 6.11. The third-order valence-electron chi connectivity index (χ3n) is 3.93. The van der Waals surface area contributed by atoms with E-state index in [1.54, 1.807) is 29.2 Å². The van der Waals surface area contributed by atoms with E-state index < -0.39 is 0 Å². The van der Waals surface area contributed by atoms with E-state index in [1.807, 2.05) is 0 Å². The number of ether oxygens (including phenoxy) is 1. The smallest absolute Gasteiger partial charge is 0.223 e. The lowest BCUT2D eigenvalue weighted by Gasteiger charge is -2.26. The number of morpholine rings is 1. The van der Waals surface area contributed by atoms with Gasteiger partial charge >= 0.3 is 0 Å². The maximum atomic E-state index is 12.0. The van der Waals surface area contributed by atoms with Crippen LogP contribution in [0, 0.1) is 0 Å². The van der Waals surface area contributed by atoms with Gasteiger partial charge in [-0.15, -0.1) is 0 Å². The summed E-state index contributed by atoms with van der Waals surface area (Å²) in [5.74, 6) is -0.151. The lowest BCUT2D eigenvalue weighted by molar-refractivity contribution is -0.121. The number of hydrogen-bond donors (Lipinski definition) is 1. The van der Waals surface area contributed by atoms with Gasteiger partial charge in [-0.3, -0.25) is 14.5 Å². The molecule has 2 rings (SSSR count). The average molecular weight is 354 g/mol. The van der Waals surface area contributed by atoms with Gasteiger partial charge in [-0.1, -0.05) is 11.6 Å². The highest BCUT2D eigenvalue weighted by molar-refractivity contribution is 6.30. The van der Waals surface area contributed by atoms with Crippen molar-refractivity contribution < 1.29 is 14.3 Å². The first kappa shape index (κ1) is 18.7. The normalized spacial score (nSPS) is 15.1. The Kier molecular flexibility index (Phi) is 7.49. The van der Waals surface area contributed by atoms with E-state index in [9.17, 15) is 9.59 Å². The number of carbonyl (C=O) groups is 2. The molecule has 7 heteroatoms. The largest absolute Gasteiger partial charge is 0.379 e. The Morgan fingerprint density at radius 1 is 1.25 bits per heavy atom. The molecule has 0 aliphatic carbocycles. The first-order valence-electron chi connectivity index (χ1n) is 8.17. The maximum absolute atomic E-state index is 12.0. The summed E-state index contributed by atoms with van der Waals surface area (Å²) in [5.41, 5.74) is 0.744. The standard InChI is InChI=1S/C17H24ClN3O3/c1-14(22)21(16-4-2-15(18)3-5-16)8-6-17(23)19-7-9-20-10-12-24-13-11-20/h2-5H,6-13H2,1H3,(H,19,23). The number of hydrogen-bond acceptors (Lipinski definition) is 4. The highest BCUT2D eigenvalue weighted by Crippen LogP contribution is 2.18. The van der Waals surface area contributed by atoms with Crippen molar-refractivity contribution >= 4 is 29.1 Å². The molecule has 1 fully saturated rings. The highest BCUT2D eigenvalue weighted by atomic mass is 35.5. The molecule has 0 spiro atoms. The molecular weight excluding hydrogens is 330 g/mol. The zero-order valence-corrected chi connectivity index (χ0v) is 14.7. The molecule has 0 radical (unpaired) electrons. The minimum Gasteiger partial charge on any atom is -0.379 e. The Bertz CT molecular complexity index is 545. The van der Waals surface area contributed by atoms with Crippen molar-refractivity contribution in [2.45, 2.75) is 13.3 Å². The Labute approximate surface area is 147 Å². The topological polar surface area (TPSA) is 61.9 Å². The molecule has 0 unspecified atom stereocenters. The molecule has 2 amide bonds. The summed E-state index contributed by atoms with van der Waals surface area (Å²) in [6.07, 6.45) is 0.269. The van der Waals surface area contributed by atoms with Crippen LogP contribution in [0.1, 0.15) is 13.3 Å². The molecule has 1 aliphatic heterocycles. The van der Waals surface area contributed by atoms with E-state index in [1.165, 1.54) is 6.92 Å². The Hall–Kier alpha value is -1.63. The van der Waals surface area contributed by atoms with Crippen LogP contribution >= 0.6 is 11.6 Å². The number of halogens is 1. The molecule has 0 bridgehead atoms. The van der Waals surface area contributed by atoms with Gasteiger partial charge in [-0.25, -0.2) is 0 Å². The second-order valence-electron chi connectivity index (χ2n) is 5.70. The fourth-order valence-electron chi connectivity index (χ4n) is 2.57. The molecule has 0 atom stereocenters. The van der Waals surface area contributed by atoms with Gasteiger partial charge in [-0.2, -0.15) is 0 Å². The quantitative estimate of drug-likeness (QED) is 0.807. The van der Waals surface area contributed by atoms with Gasteiger partial charge in [0, 0.05) is 56.8 Å². The summed E-state index contributed by atoms with van der Waals surface area (Å²) in [4.78, 5) is 27.6. The number of benzene rings is 1. The molecule has 1 saturated heterocycles. The first-order valence-corrected chi connectivity index (χ1v) is 8.54. The number of nitrogens with zero attached hydrogens (tertiary/aromatic N) is 2. The summed E-state index contributed by atoms with van der Waals surface area (Å²) in [5, 5.41) is 3.52. The van der Waals surface area contributed by atoms with Crippen molar-refractivity contribution in [1.82, 2.24) is 10.2 Å². The molecule has 0 saturated carbocycles. The lowest BCUT2D eigenvalue weighted by atomic mass is 10.2. The van der Waals surface area contributed by atoms with Crippen LogP contribution in [-0.4, -0.2) is 62.7 Å². The van der Waals surface area contributed by atoms with Crippen LogP contribution in [0.3, 0.4) is 0 Å². The van der Waals surface area contributed by atoms with Crippen LogP contribution in [0.15, 0.2) is 24.3 Å². The Balaban J connectivity index is 1.73. The predicted octanol–water partition coefficient (Wildman–Crippen LogP) is 1.53. The monoisotopic (exact) mass is 353 g/mol. The third-order valence-corrected chi connectivity index (χ3v) is 4.19. The van der Waals surface area contributed by atoms with Crippen LogP contribution in [0.4, 0.5) is 5.69 Å². The van der Waals surface area contributed by atoms with E-state index in [0.717, 1.165) is 38.5 Å². The highest BCUT2D eigenvalue weighted by Gasteiger charge is 2.14. The van der Waals surface area contributed by atoms with Crippen molar-refractivity contribution in [3.8, 4) is 0 Å². The summed E-state index contributed by atoms with van der Waals surface area (Å²) < 4.78 is 5.29. The van der Waals surface area contributed by atoms with E-state index in [-0.39, 0.29) is 18.2 Å². The number of carbonyl (C=O) groups excluding carboxylic acids is 2. The Morgan fingerprint density at radius 3 is 2.54 bits per heavy atom. The van der Waals surface area contributed by atoms with Crippen molar-refractivity contribution in [1.29, 1.82) is 0 Å². The summed E-state index contributed by atoms with van der Waals surface area (Å²) in [7, 11) is 0. The number of nitrogens with one attached hydrogen (secondary N) is 1. The van der Waals surface area contributed by atoms with Crippen LogP contribution in [0.25, 0.3) is 0 Å². The van der Waals surface area contributed by atoms with E-state index in [4.69, 9.17) is 16.3 Å². The second-order valence-corrected chi connectivity index (χ2v) is 6.14. The predicted molar refractivity (Wildman–Crippen MR) is 94.4 cm³/mol. The van der Waals surface area contributed by atoms with Crippen molar-refractivity contribution in [2.24, 2.45) is 0 Å². The van der Waals surface area contributed by atoms with E-state index in [2.05, 4.69) is 10.2 Å². The van der Waals surface area contributed by atoms with Gasteiger partial charge < -0.3 is 15.0 Å². The molecule has 132 valence electrons. The molecule has 1 aromatic rings. The van der Waals surface area contributed by atoms with E-state index >= 15 is 0 Å². The molecule has 1 N–H and O–H groups in total. The zero-order chi connectivity index (χ0) is 17.4. The summed E-state index contributed by atoms with van der Waals surface area (Å²) >= 11 is 5.87. The number of rotatable bonds is 7. The Morgan fingerprint density at radius 2 is 1.92 bits per heavy atom. The second kappa shape index (κ2) is 9.61. The summed E-state index contributed by atoms with van der Waals surface area (Å²) in [6, 6.07) is 7.02. The zero-order valence-electron chi connectivity index (χ0n) is 14.0. The molecule has 1 aromatic carbocycles. The molecule has 24 heavy (non-hydrogen) atoms. The van der Waals surface area contributed by atoms with Crippen LogP contribution in [0.5, 0.6) is 0 Å². The number of anilines is 1. The van der Waals surface area contributed by atoms with Crippen molar-refractivity contribution in [3.05, 3.63) is 29.3 Å². The molecule has 0 aromatic heterocycles.